The van der Waals surface area contributed by atoms with E-state index in [1.165, 1.54) is 4.90 Å². The van der Waals surface area contributed by atoms with Crippen molar-refractivity contribution in [3.63, 3.8) is 0 Å². The third kappa shape index (κ3) is 5.43. The largest absolute Gasteiger partial charge is 0.497 e. The molecule has 0 unspecified atom stereocenters. The number of carbonyl (C=O) groups is 3. The number of nitrogens with one attached hydrogen (secondary N) is 1. The van der Waals surface area contributed by atoms with Crippen molar-refractivity contribution >= 4 is 40.6 Å². The van der Waals surface area contributed by atoms with Crippen molar-refractivity contribution in [2.75, 3.05) is 17.7 Å². The van der Waals surface area contributed by atoms with Gasteiger partial charge in [-0.05, 0) is 73.1 Å². The summed E-state index contributed by atoms with van der Waals surface area (Å²) in [7, 11) is 1.56. The molecule has 3 aromatic rings. The van der Waals surface area contributed by atoms with Crippen LogP contribution in [0.15, 0.2) is 42.5 Å². The first-order valence-corrected chi connectivity index (χ1v) is 12.9. The van der Waals surface area contributed by atoms with Crippen LogP contribution in [0.4, 0.5) is 11.4 Å². The number of nitrogens with two attached hydrogens (primary N) is 2. The summed E-state index contributed by atoms with van der Waals surface area (Å²) in [4.78, 5) is 41.4. The number of amides is 3. The van der Waals surface area contributed by atoms with Crippen molar-refractivity contribution in [1.82, 2.24) is 9.69 Å². The van der Waals surface area contributed by atoms with Crippen molar-refractivity contribution in [1.29, 1.82) is 0 Å². The van der Waals surface area contributed by atoms with Crippen LogP contribution in [0.1, 0.15) is 68.6 Å². The number of rotatable bonds is 8. The van der Waals surface area contributed by atoms with Gasteiger partial charge in [0.1, 0.15) is 16.7 Å². The van der Waals surface area contributed by atoms with Gasteiger partial charge in [0.25, 0.3) is 11.8 Å². The number of nitrogens with zero attached hydrogens (tertiary/aromatic N) is 2. The number of anilines is 2. The van der Waals surface area contributed by atoms with E-state index in [-0.39, 0.29) is 28.2 Å². The quantitative estimate of drug-likeness (QED) is 0.411. The van der Waals surface area contributed by atoms with Gasteiger partial charge in [0.15, 0.2) is 5.69 Å². The normalized spacial score (nSPS) is 14.2. The summed E-state index contributed by atoms with van der Waals surface area (Å²) in [5.74, 6) is -1.04. The Bertz CT molecular complexity index is 1310. The Morgan fingerprint density at radius 1 is 1.11 bits per heavy atom. The minimum Gasteiger partial charge on any atom is -0.497 e. The zero-order valence-electron chi connectivity index (χ0n) is 21.1. The summed E-state index contributed by atoms with van der Waals surface area (Å²) in [5.41, 5.74) is 14.2. The molecule has 1 saturated carbocycles. The highest BCUT2D eigenvalue weighted by atomic mass is 32.1. The standard InChI is InChI=1S/C27H31N5O4S/c1-15-8-9-16(2)20(14-15)32(27(35)24-21(28)22(25(29)33)31-37-24)23(17-10-12-19(36-3)13-11-17)26(34)30-18-6-4-5-7-18/h8-14,18,23H,4-7,28H2,1-3H3,(H2,29,33)(H,30,34)/t23-/m0/s1. The predicted octanol–water partition coefficient (Wildman–Crippen LogP) is 3.90. The number of ether oxygens (including phenoxy) is 1. The number of aryl methyl sites for hydroxylation is 2. The molecule has 1 aliphatic rings. The zero-order valence-corrected chi connectivity index (χ0v) is 21.9. The molecule has 2 aromatic carbocycles. The second kappa shape index (κ2) is 11.0. The Kier molecular flexibility index (Phi) is 7.77. The van der Waals surface area contributed by atoms with E-state index in [2.05, 4.69) is 9.69 Å². The lowest BCUT2D eigenvalue weighted by Gasteiger charge is -2.33. The number of primary amides is 1. The summed E-state index contributed by atoms with van der Waals surface area (Å²) in [6.07, 6.45) is 3.88. The highest BCUT2D eigenvalue weighted by Crippen LogP contribution is 2.36. The van der Waals surface area contributed by atoms with Gasteiger partial charge in [-0.25, -0.2) is 0 Å². The maximum absolute atomic E-state index is 14.2. The van der Waals surface area contributed by atoms with E-state index in [9.17, 15) is 14.4 Å². The Balaban J connectivity index is 1.89. The second-order valence-corrected chi connectivity index (χ2v) is 10.0. The lowest BCUT2D eigenvalue weighted by Crippen LogP contribution is -2.46. The molecule has 1 atom stereocenters. The smallest absolute Gasteiger partial charge is 0.273 e. The monoisotopic (exact) mass is 521 g/mol. The van der Waals surface area contributed by atoms with Gasteiger partial charge in [0.2, 0.25) is 5.91 Å². The number of methoxy groups -OCH3 is 1. The Labute approximate surface area is 220 Å². The fraction of sp³-hybridized carbons (Fsp3) is 0.333. The topological polar surface area (TPSA) is 141 Å². The molecule has 1 aromatic heterocycles. The molecule has 4 rings (SSSR count). The second-order valence-electron chi connectivity index (χ2n) is 9.27. The van der Waals surface area contributed by atoms with E-state index >= 15 is 0 Å². The third-order valence-corrected chi connectivity index (χ3v) is 7.49. The maximum Gasteiger partial charge on any atom is 0.273 e. The number of hydrogen-bond acceptors (Lipinski definition) is 7. The first-order valence-electron chi connectivity index (χ1n) is 12.1. The van der Waals surface area contributed by atoms with Gasteiger partial charge in [-0.15, -0.1) is 0 Å². The molecular formula is C27H31N5O4S. The van der Waals surface area contributed by atoms with E-state index in [1.54, 1.807) is 31.4 Å². The fourth-order valence-electron chi connectivity index (χ4n) is 4.64. The molecule has 37 heavy (non-hydrogen) atoms. The van der Waals surface area contributed by atoms with Crippen LogP contribution in [0.5, 0.6) is 5.75 Å². The first-order chi connectivity index (χ1) is 17.7. The first kappa shape index (κ1) is 26.2. The molecule has 1 aliphatic carbocycles. The van der Waals surface area contributed by atoms with Gasteiger partial charge in [-0.1, -0.05) is 37.1 Å². The molecule has 10 heteroatoms. The molecule has 0 spiro atoms. The number of hydrogen-bond donors (Lipinski definition) is 3. The van der Waals surface area contributed by atoms with E-state index in [4.69, 9.17) is 16.2 Å². The van der Waals surface area contributed by atoms with Crippen LogP contribution < -0.4 is 26.4 Å². The van der Waals surface area contributed by atoms with Crippen LogP contribution in [0.3, 0.4) is 0 Å². The van der Waals surface area contributed by atoms with Gasteiger partial charge in [0, 0.05) is 11.7 Å². The summed E-state index contributed by atoms with van der Waals surface area (Å²) < 4.78 is 9.32. The average molecular weight is 522 g/mol. The molecule has 5 N–H and O–H groups in total. The molecule has 0 saturated heterocycles. The Hall–Kier alpha value is -3.92. The van der Waals surface area contributed by atoms with Crippen LogP contribution >= 0.6 is 11.5 Å². The molecule has 1 heterocycles. The molecular weight excluding hydrogens is 490 g/mol. The molecule has 194 valence electrons. The van der Waals surface area contributed by atoms with Crippen LogP contribution in [0, 0.1) is 13.8 Å². The Morgan fingerprint density at radius 3 is 2.38 bits per heavy atom. The molecule has 0 radical (unpaired) electrons. The van der Waals surface area contributed by atoms with Gasteiger partial charge >= 0.3 is 0 Å². The van der Waals surface area contributed by atoms with E-state index in [1.807, 2.05) is 32.0 Å². The van der Waals surface area contributed by atoms with Crippen LogP contribution in [-0.4, -0.2) is 35.2 Å². The van der Waals surface area contributed by atoms with Gasteiger partial charge in [0.05, 0.1) is 12.8 Å². The number of aromatic nitrogens is 1. The number of benzene rings is 2. The minimum absolute atomic E-state index is 0.0405. The predicted molar refractivity (Wildman–Crippen MR) is 144 cm³/mol. The fourth-order valence-corrected chi connectivity index (χ4v) is 5.38. The van der Waals surface area contributed by atoms with Gasteiger partial charge in [-0.2, -0.15) is 4.37 Å². The van der Waals surface area contributed by atoms with E-state index in [0.29, 0.717) is 17.0 Å². The summed E-state index contributed by atoms with van der Waals surface area (Å²) in [5, 5.41) is 3.15. The lowest BCUT2D eigenvalue weighted by molar-refractivity contribution is -0.123. The summed E-state index contributed by atoms with van der Waals surface area (Å²) in [6.45, 7) is 3.79. The van der Waals surface area contributed by atoms with E-state index in [0.717, 1.165) is 48.3 Å². The SMILES string of the molecule is COc1ccc([C@@H](C(=O)NC2CCCC2)N(C(=O)c2snc(C(N)=O)c2N)c2cc(C)ccc2C)cc1. The summed E-state index contributed by atoms with van der Waals surface area (Å²) >= 11 is 0.790. The van der Waals surface area contributed by atoms with Crippen molar-refractivity contribution in [2.24, 2.45) is 5.73 Å². The van der Waals surface area contributed by atoms with Crippen LogP contribution in [0.2, 0.25) is 0 Å². The van der Waals surface area contributed by atoms with Crippen molar-refractivity contribution in [2.45, 2.75) is 51.6 Å². The zero-order chi connectivity index (χ0) is 26.7. The molecule has 3 amide bonds. The molecule has 9 nitrogen and oxygen atoms in total. The van der Waals surface area contributed by atoms with E-state index < -0.39 is 17.9 Å². The highest BCUT2D eigenvalue weighted by molar-refractivity contribution is 7.09. The van der Waals surface area contributed by atoms with Gasteiger partial charge in [-0.3, -0.25) is 19.3 Å². The number of nitrogen functional groups attached to an aromatic ring is 1. The lowest BCUT2D eigenvalue weighted by atomic mass is 10.00. The van der Waals surface area contributed by atoms with Crippen LogP contribution in [-0.2, 0) is 4.79 Å². The third-order valence-electron chi connectivity index (χ3n) is 6.64. The molecule has 0 aliphatic heterocycles. The summed E-state index contributed by atoms with van der Waals surface area (Å²) in [6, 6.07) is 11.8. The number of carbonyl (C=O) groups excluding carboxylic acids is 3. The molecule has 0 bridgehead atoms. The van der Waals surface area contributed by atoms with Crippen molar-refractivity contribution in [3.8, 4) is 5.75 Å². The van der Waals surface area contributed by atoms with Crippen molar-refractivity contribution < 1.29 is 19.1 Å². The van der Waals surface area contributed by atoms with Gasteiger partial charge < -0.3 is 21.5 Å². The average Bonchev–Trinajstić information content (AvgIpc) is 3.53. The maximum atomic E-state index is 14.2. The highest BCUT2D eigenvalue weighted by Gasteiger charge is 2.37. The molecule has 1 fully saturated rings. The minimum atomic E-state index is -1.02. The Morgan fingerprint density at radius 2 is 1.78 bits per heavy atom. The van der Waals surface area contributed by atoms with Crippen LogP contribution in [0.25, 0.3) is 0 Å². The van der Waals surface area contributed by atoms with Crippen molar-refractivity contribution in [3.05, 3.63) is 69.7 Å².